The van der Waals surface area contributed by atoms with Gasteiger partial charge in [-0.15, -0.1) is 0 Å². The van der Waals surface area contributed by atoms with E-state index in [1.165, 1.54) is 49.7 Å². The fourth-order valence-corrected chi connectivity index (χ4v) is 4.07. The molecule has 5 rings (SSSR count). The molecule has 0 aliphatic heterocycles. The second kappa shape index (κ2) is 6.00. The second-order valence-electron chi connectivity index (χ2n) is 7.05. The summed E-state index contributed by atoms with van der Waals surface area (Å²) < 4.78 is 0. The Kier molecular flexibility index (Phi) is 3.50. The smallest absolute Gasteiger partial charge is 0.00264 e. The first-order chi connectivity index (χ1) is 12.8. The third kappa shape index (κ3) is 2.38. The fraction of sp³-hybridized carbons (Fsp3) is 0.0769. The molecule has 0 nitrogen and oxygen atoms in total. The lowest BCUT2D eigenvalue weighted by Crippen LogP contribution is -1.87. The van der Waals surface area contributed by atoms with E-state index < -0.39 is 0 Å². The molecule has 0 aromatic heterocycles. The van der Waals surface area contributed by atoms with Gasteiger partial charge in [-0.3, -0.25) is 0 Å². The zero-order chi connectivity index (χ0) is 17.5. The summed E-state index contributed by atoms with van der Waals surface area (Å²) in [6, 6.07) is 18.0. The first kappa shape index (κ1) is 15.2. The molecule has 3 aromatic rings. The van der Waals surface area contributed by atoms with Crippen LogP contribution in [0.2, 0.25) is 0 Å². The maximum atomic E-state index is 2.37. The van der Waals surface area contributed by atoms with E-state index in [2.05, 4.69) is 98.0 Å². The molecule has 0 saturated carbocycles. The van der Waals surface area contributed by atoms with Gasteiger partial charge in [-0.1, -0.05) is 84.5 Å². The molecular formula is C26H20. The van der Waals surface area contributed by atoms with Crippen molar-refractivity contribution in [3.63, 3.8) is 0 Å². The van der Waals surface area contributed by atoms with Gasteiger partial charge >= 0.3 is 0 Å². The monoisotopic (exact) mass is 332 g/mol. The Labute approximate surface area is 154 Å². The van der Waals surface area contributed by atoms with Crippen LogP contribution in [0.1, 0.15) is 24.5 Å². The highest BCUT2D eigenvalue weighted by molar-refractivity contribution is 6.15. The summed E-state index contributed by atoms with van der Waals surface area (Å²) >= 11 is 0. The van der Waals surface area contributed by atoms with E-state index in [-0.39, 0.29) is 0 Å². The average Bonchev–Trinajstić information content (AvgIpc) is 2.94. The molecule has 0 radical (unpaired) electrons. The molecule has 2 aliphatic carbocycles. The van der Waals surface area contributed by atoms with E-state index in [0.717, 1.165) is 6.42 Å². The largest absolute Gasteiger partial charge is 0.0807 e. The van der Waals surface area contributed by atoms with Gasteiger partial charge in [0.1, 0.15) is 0 Å². The van der Waals surface area contributed by atoms with Crippen LogP contribution in [0, 0.1) is 0 Å². The van der Waals surface area contributed by atoms with Crippen LogP contribution in [0.3, 0.4) is 0 Å². The first-order valence-electron chi connectivity index (χ1n) is 9.20. The number of fused-ring (bicyclic) bond motifs is 4. The minimum Gasteiger partial charge on any atom is -0.0807 e. The molecular weight excluding hydrogens is 312 g/mol. The van der Waals surface area contributed by atoms with Gasteiger partial charge in [0.05, 0.1) is 0 Å². The molecule has 0 unspecified atom stereocenters. The number of hydrogen-bond donors (Lipinski definition) is 0. The highest BCUT2D eigenvalue weighted by Gasteiger charge is 2.22. The summed E-state index contributed by atoms with van der Waals surface area (Å²) in [4.78, 5) is 0. The minimum absolute atomic E-state index is 0.954. The fourth-order valence-electron chi connectivity index (χ4n) is 4.07. The van der Waals surface area contributed by atoms with Crippen LogP contribution in [0.5, 0.6) is 0 Å². The highest BCUT2D eigenvalue weighted by atomic mass is 14.2. The molecule has 0 spiro atoms. The number of allylic oxidation sites excluding steroid dienone is 6. The van der Waals surface area contributed by atoms with Crippen molar-refractivity contribution in [2.24, 2.45) is 0 Å². The Bertz CT molecular complexity index is 1140. The van der Waals surface area contributed by atoms with E-state index in [1.807, 2.05) is 0 Å². The van der Waals surface area contributed by atoms with Crippen LogP contribution >= 0.6 is 0 Å². The molecule has 0 amide bonds. The molecule has 2 aliphatic rings. The predicted octanol–water partition coefficient (Wildman–Crippen LogP) is 7.42. The maximum Gasteiger partial charge on any atom is -0.00264 e. The highest BCUT2D eigenvalue weighted by Crippen LogP contribution is 2.48. The Morgan fingerprint density at radius 1 is 0.692 bits per heavy atom. The molecule has 0 heterocycles. The Morgan fingerprint density at radius 2 is 1.42 bits per heavy atom. The molecule has 26 heavy (non-hydrogen) atoms. The number of hydrogen-bond acceptors (Lipinski definition) is 0. The van der Waals surface area contributed by atoms with Crippen molar-refractivity contribution in [3.8, 4) is 22.3 Å². The van der Waals surface area contributed by atoms with Crippen molar-refractivity contribution in [2.45, 2.75) is 13.3 Å². The second-order valence-corrected chi connectivity index (χ2v) is 7.05. The zero-order valence-electron chi connectivity index (χ0n) is 14.9. The van der Waals surface area contributed by atoms with E-state index >= 15 is 0 Å². The maximum absolute atomic E-state index is 2.37. The molecule has 0 N–H and O–H groups in total. The lowest BCUT2D eigenvalue weighted by atomic mass is 9.95. The number of rotatable bonds is 0. The first-order valence-corrected chi connectivity index (χ1v) is 9.20. The summed E-state index contributed by atoms with van der Waals surface area (Å²) in [5, 5.41) is 2.71. The third-order valence-electron chi connectivity index (χ3n) is 5.27. The average molecular weight is 332 g/mol. The van der Waals surface area contributed by atoms with Gasteiger partial charge in [-0.25, -0.2) is 0 Å². The molecule has 0 atom stereocenters. The van der Waals surface area contributed by atoms with Gasteiger partial charge in [0.2, 0.25) is 0 Å². The van der Waals surface area contributed by atoms with E-state index in [1.54, 1.807) is 0 Å². The van der Waals surface area contributed by atoms with Crippen LogP contribution < -0.4 is 0 Å². The SMILES string of the molecule is CC1=C\c2cc3c(cc2C=CC/C=C/C=C\1)-c1cccc2cccc-3c12. The standard InChI is InChI=1S/C26H20/c1-18-9-5-3-2-4-6-10-20-16-24-22-13-7-11-19-12-8-14-23(26(19)22)25(24)17-21(20)15-18/h2-3,5-17H,4H2,1H3/b3-2+,9-5-,10-6?,18-15+. The quantitative estimate of drug-likeness (QED) is 0.314. The zero-order valence-corrected chi connectivity index (χ0v) is 14.9. The van der Waals surface area contributed by atoms with E-state index in [9.17, 15) is 0 Å². The van der Waals surface area contributed by atoms with Gasteiger partial charge in [0, 0.05) is 0 Å². The summed E-state index contributed by atoms with van der Waals surface area (Å²) in [6.45, 7) is 2.17. The predicted molar refractivity (Wildman–Crippen MR) is 114 cm³/mol. The molecule has 124 valence electrons. The van der Waals surface area contributed by atoms with Crippen molar-refractivity contribution in [3.05, 3.63) is 95.6 Å². The van der Waals surface area contributed by atoms with Gasteiger partial charge in [-0.05, 0) is 69.6 Å². The molecule has 3 aromatic carbocycles. The molecule has 0 bridgehead atoms. The minimum atomic E-state index is 0.954. The van der Waals surface area contributed by atoms with Crippen LogP contribution in [0.25, 0.3) is 45.2 Å². The summed E-state index contributed by atoms with van der Waals surface area (Å²) in [5.74, 6) is 0. The molecule has 0 heteroatoms. The summed E-state index contributed by atoms with van der Waals surface area (Å²) in [7, 11) is 0. The Morgan fingerprint density at radius 3 is 2.19 bits per heavy atom. The normalized spacial score (nSPS) is 19.2. The van der Waals surface area contributed by atoms with Gasteiger partial charge in [-0.2, -0.15) is 0 Å². The van der Waals surface area contributed by atoms with Gasteiger partial charge in [0.15, 0.2) is 0 Å². The Hall–Kier alpha value is -3.12. The van der Waals surface area contributed by atoms with Crippen LogP contribution in [-0.4, -0.2) is 0 Å². The lowest BCUT2D eigenvalue weighted by molar-refractivity contribution is 1.41. The third-order valence-corrected chi connectivity index (χ3v) is 5.27. The van der Waals surface area contributed by atoms with Crippen LogP contribution in [0.15, 0.2) is 84.5 Å². The number of benzene rings is 3. The van der Waals surface area contributed by atoms with Gasteiger partial charge in [0.25, 0.3) is 0 Å². The lowest BCUT2D eigenvalue weighted by Gasteiger charge is -2.09. The van der Waals surface area contributed by atoms with Gasteiger partial charge < -0.3 is 0 Å². The van der Waals surface area contributed by atoms with E-state index in [0.29, 0.717) is 0 Å². The van der Waals surface area contributed by atoms with Crippen LogP contribution in [-0.2, 0) is 0 Å². The van der Waals surface area contributed by atoms with E-state index in [4.69, 9.17) is 0 Å². The van der Waals surface area contributed by atoms with Crippen molar-refractivity contribution in [1.29, 1.82) is 0 Å². The Balaban J connectivity index is 1.80. The van der Waals surface area contributed by atoms with Crippen molar-refractivity contribution < 1.29 is 0 Å². The molecule has 0 fully saturated rings. The van der Waals surface area contributed by atoms with Crippen LogP contribution in [0.4, 0.5) is 0 Å². The molecule has 0 saturated heterocycles. The van der Waals surface area contributed by atoms with Crippen molar-refractivity contribution >= 4 is 22.9 Å². The topological polar surface area (TPSA) is 0 Å². The van der Waals surface area contributed by atoms with Crippen molar-refractivity contribution in [1.82, 2.24) is 0 Å². The summed E-state index contributed by atoms with van der Waals surface area (Å²) in [5.41, 5.74) is 9.26. The van der Waals surface area contributed by atoms with Crippen molar-refractivity contribution in [2.75, 3.05) is 0 Å². The summed E-state index contributed by atoms with van der Waals surface area (Å²) in [6.07, 6.45) is 16.4.